The fraction of sp³-hybridized carbons (Fsp3) is 0.923. The summed E-state index contributed by atoms with van der Waals surface area (Å²) in [7, 11) is 1.59. The van der Waals surface area contributed by atoms with E-state index in [1.807, 2.05) is 6.08 Å². The number of aliphatic hydroxyl groups excluding tert-OH is 5. The average Bonchev–Trinajstić information content (AvgIpc) is 2.94. The first-order valence-corrected chi connectivity index (χ1v) is 14.6. The van der Waals surface area contributed by atoms with Crippen molar-refractivity contribution in [1.29, 1.82) is 0 Å². The summed E-state index contributed by atoms with van der Waals surface area (Å²) in [5.41, 5.74) is 16.8. The van der Waals surface area contributed by atoms with Crippen LogP contribution in [0, 0.1) is 0 Å². The number of aliphatic hydroxyl groups is 6. The average molecular weight is 609 g/mol. The van der Waals surface area contributed by atoms with E-state index in [0.29, 0.717) is 38.2 Å². The first kappa shape index (κ1) is 35.4. The number of nitrogens with two attached hydrogens (primary N) is 3. The van der Waals surface area contributed by atoms with Crippen LogP contribution in [-0.4, -0.2) is 156 Å². The lowest BCUT2D eigenvalue weighted by atomic mass is 9.83. The standard InChI is InChI=1S/C26H52N6O10/c1-26(38)12-39-25(20(37)23(26)30-2)42-22-18(32-13(10-33)11-34)7-17(29)21(19(22)36)41-24-16(28)4-3-15(40-24)9-31-8-14(35)5-6-27/h3,13-14,16-25,30-38H,4-12,27-29H2,1-2H3/t14?,16-,17+,18-,19+,20-,21?,22+,23-,24-,25-,26+/m1/s1. The van der Waals surface area contributed by atoms with Crippen molar-refractivity contribution in [2.75, 3.05) is 46.5 Å². The molecule has 0 aromatic heterocycles. The van der Waals surface area contributed by atoms with E-state index in [1.165, 1.54) is 6.92 Å². The Morgan fingerprint density at radius 3 is 2.43 bits per heavy atom. The topological polar surface area (TPSA) is 272 Å². The predicted octanol–water partition coefficient (Wildman–Crippen LogP) is -5.53. The van der Waals surface area contributed by atoms with E-state index in [1.54, 1.807) is 7.05 Å². The molecule has 1 aliphatic carbocycles. The van der Waals surface area contributed by atoms with E-state index < -0.39 is 78.9 Å². The van der Waals surface area contributed by atoms with Crippen molar-refractivity contribution in [3.05, 3.63) is 11.8 Å². The van der Waals surface area contributed by atoms with Crippen molar-refractivity contribution in [2.24, 2.45) is 17.2 Å². The second-order valence-electron chi connectivity index (χ2n) is 11.6. The van der Waals surface area contributed by atoms with Gasteiger partial charge in [-0.25, -0.2) is 0 Å². The maximum Gasteiger partial charge on any atom is 0.215 e. The van der Waals surface area contributed by atoms with Crippen molar-refractivity contribution < 1.29 is 49.6 Å². The van der Waals surface area contributed by atoms with Gasteiger partial charge in [0.15, 0.2) is 6.29 Å². The summed E-state index contributed by atoms with van der Waals surface area (Å²) in [4.78, 5) is 0. The van der Waals surface area contributed by atoms with Crippen LogP contribution in [0.5, 0.6) is 0 Å². The van der Waals surface area contributed by atoms with Crippen molar-refractivity contribution in [2.45, 2.75) is 105 Å². The van der Waals surface area contributed by atoms with Gasteiger partial charge < -0.3 is 82.7 Å². The van der Waals surface area contributed by atoms with Crippen LogP contribution >= 0.6 is 0 Å². The molecule has 0 radical (unpaired) electrons. The second kappa shape index (κ2) is 16.3. The first-order chi connectivity index (χ1) is 19.9. The van der Waals surface area contributed by atoms with Gasteiger partial charge in [0.05, 0.1) is 50.6 Å². The van der Waals surface area contributed by atoms with Crippen LogP contribution in [0.25, 0.3) is 0 Å². The van der Waals surface area contributed by atoms with Gasteiger partial charge in [-0.15, -0.1) is 0 Å². The molecule has 16 heteroatoms. The molecule has 0 spiro atoms. The molecule has 2 unspecified atom stereocenters. The van der Waals surface area contributed by atoms with Crippen LogP contribution in [0.1, 0.15) is 26.2 Å². The van der Waals surface area contributed by atoms with Gasteiger partial charge in [0.2, 0.25) is 6.29 Å². The normalized spacial score (nSPS) is 40.0. The van der Waals surface area contributed by atoms with E-state index in [4.69, 9.17) is 36.1 Å². The van der Waals surface area contributed by atoms with Gasteiger partial charge >= 0.3 is 0 Å². The van der Waals surface area contributed by atoms with Gasteiger partial charge in [-0.2, -0.15) is 0 Å². The Labute approximate surface area is 246 Å². The van der Waals surface area contributed by atoms with Crippen LogP contribution in [-0.2, 0) is 18.9 Å². The largest absolute Gasteiger partial charge is 0.467 e. The lowest BCUT2D eigenvalue weighted by Crippen LogP contribution is -2.69. The maximum atomic E-state index is 11.5. The Bertz CT molecular complexity index is 839. The van der Waals surface area contributed by atoms with E-state index >= 15 is 0 Å². The van der Waals surface area contributed by atoms with E-state index in [-0.39, 0.29) is 26.2 Å². The van der Waals surface area contributed by atoms with Crippen LogP contribution in [0.15, 0.2) is 11.8 Å². The highest BCUT2D eigenvalue weighted by molar-refractivity contribution is 5.05. The van der Waals surface area contributed by atoms with Gasteiger partial charge in [0.25, 0.3) is 0 Å². The van der Waals surface area contributed by atoms with Crippen molar-refractivity contribution in [3.8, 4) is 0 Å². The lowest BCUT2D eigenvalue weighted by Gasteiger charge is -2.49. The minimum atomic E-state index is -1.37. The summed E-state index contributed by atoms with van der Waals surface area (Å²) in [5.74, 6) is 0.561. The molecule has 1 saturated heterocycles. The number of hydrogen-bond acceptors (Lipinski definition) is 16. The van der Waals surface area contributed by atoms with Crippen LogP contribution in [0.3, 0.4) is 0 Å². The van der Waals surface area contributed by atoms with Gasteiger partial charge in [0.1, 0.15) is 35.8 Å². The Balaban J connectivity index is 1.72. The van der Waals surface area contributed by atoms with Crippen LogP contribution in [0.4, 0.5) is 0 Å². The summed E-state index contributed by atoms with van der Waals surface area (Å²) >= 11 is 0. The molecule has 2 fully saturated rings. The van der Waals surface area contributed by atoms with Crippen LogP contribution in [0.2, 0.25) is 0 Å². The van der Waals surface area contributed by atoms with Gasteiger partial charge in [-0.05, 0) is 45.9 Å². The summed E-state index contributed by atoms with van der Waals surface area (Å²) in [6.07, 6.45) is -4.57. The van der Waals surface area contributed by atoms with Crippen molar-refractivity contribution in [3.63, 3.8) is 0 Å². The zero-order valence-electron chi connectivity index (χ0n) is 24.4. The van der Waals surface area contributed by atoms with E-state index in [0.717, 1.165) is 0 Å². The molecule has 0 aromatic carbocycles. The molecule has 2 heterocycles. The maximum absolute atomic E-state index is 11.5. The first-order valence-electron chi connectivity index (χ1n) is 14.6. The summed E-state index contributed by atoms with van der Waals surface area (Å²) < 4.78 is 23.9. The predicted molar refractivity (Wildman–Crippen MR) is 151 cm³/mol. The van der Waals surface area contributed by atoms with E-state index in [9.17, 15) is 30.6 Å². The lowest BCUT2D eigenvalue weighted by molar-refractivity contribution is -0.304. The number of rotatable bonds is 15. The molecule has 0 amide bonds. The minimum absolute atomic E-state index is 0.145. The number of nitrogens with one attached hydrogen (secondary N) is 3. The highest BCUT2D eigenvalue weighted by Gasteiger charge is 2.51. The number of likely N-dealkylation sites (N-methyl/N-ethyl adjacent to an activating group) is 1. The van der Waals surface area contributed by atoms with Crippen LogP contribution < -0.4 is 33.2 Å². The molecule has 15 N–H and O–H groups in total. The molecule has 42 heavy (non-hydrogen) atoms. The molecule has 3 rings (SSSR count). The summed E-state index contributed by atoms with van der Waals surface area (Å²) in [6, 6.07) is -3.47. The van der Waals surface area contributed by atoms with Gasteiger partial charge in [-0.1, -0.05) is 0 Å². The Hall–Kier alpha value is -1.06. The molecule has 0 aromatic rings. The molecule has 16 nitrogen and oxygen atoms in total. The molecular formula is C26H52N6O10. The zero-order valence-corrected chi connectivity index (χ0v) is 24.4. The number of hydrogen-bond donors (Lipinski definition) is 12. The molecule has 1 saturated carbocycles. The monoisotopic (exact) mass is 608 g/mol. The summed E-state index contributed by atoms with van der Waals surface area (Å²) in [6.45, 7) is 1.65. The fourth-order valence-electron chi connectivity index (χ4n) is 5.66. The van der Waals surface area contributed by atoms with Gasteiger partial charge in [-0.3, -0.25) is 0 Å². The van der Waals surface area contributed by atoms with E-state index in [2.05, 4.69) is 16.0 Å². The third-order valence-corrected chi connectivity index (χ3v) is 8.05. The summed E-state index contributed by atoms with van der Waals surface area (Å²) in [5, 5.41) is 71.4. The third kappa shape index (κ3) is 8.99. The molecule has 12 atom stereocenters. The van der Waals surface area contributed by atoms with Crippen molar-refractivity contribution >= 4 is 0 Å². The highest BCUT2D eigenvalue weighted by Crippen LogP contribution is 2.32. The van der Waals surface area contributed by atoms with Gasteiger partial charge in [0, 0.05) is 18.6 Å². The second-order valence-corrected chi connectivity index (χ2v) is 11.6. The quantitative estimate of drug-likeness (QED) is 0.0826. The molecule has 0 bridgehead atoms. The third-order valence-electron chi connectivity index (χ3n) is 8.05. The molecule has 2 aliphatic heterocycles. The SMILES string of the molecule is CN[C@@H]1[C@@H](O)[C@@H](O[C@H]2[C@H](NC(CO)CO)C[C@H](N)C(O[C@H]3OC(CNCC(O)CCN)=CC[C@H]3N)[C@@H]2O)OC[C@]1(C)O. The Morgan fingerprint density at radius 2 is 1.79 bits per heavy atom. The Morgan fingerprint density at radius 1 is 1.10 bits per heavy atom. The molecular weight excluding hydrogens is 556 g/mol. The highest BCUT2D eigenvalue weighted by atomic mass is 16.7. The fourth-order valence-corrected chi connectivity index (χ4v) is 5.66. The molecule has 246 valence electrons. The minimum Gasteiger partial charge on any atom is -0.467 e. The number of ether oxygens (including phenoxy) is 4. The zero-order chi connectivity index (χ0) is 31.0. The van der Waals surface area contributed by atoms with Crippen molar-refractivity contribution in [1.82, 2.24) is 16.0 Å². The molecule has 3 aliphatic rings. The Kier molecular flexibility index (Phi) is 13.8. The smallest absolute Gasteiger partial charge is 0.215 e.